The monoisotopic (exact) mass is 393 g/mol. The summed E-state index contributed by atoms with van der Waals surface area (Å²) in [4.78, 5) is 14.6. The van der Waals surface area contributed by atoms with Crippen molar-refractivity contribution in [3.63, 3.8) is 0 Å². The van der Waals surface area contributed by atoms with Crippen molar-refractivity contribution in [3.05, 3.63) is 59.3 Å². The van der Waals surface area contributed by atoms with Crippen molar-refractivity contribution in [3.8, 4) is 0 Å². The third-order valence-electron chi connectivity index (χ3n) is 5.42. The first-order valence-electron chi connectivity index (χ1n) is 9.96. The Morgan fingerprint density at radius 1 is 1.17 bits per heavy atom. The molecule has 0 bridgehead atoms. The van der Waals surface area contributed by atoms with Crippen LogP contribution < -0.4 is 15.5 Å². The molecule has 0 aliphatic carbocycles. The number of fused-ring (bicyclic) bond motifs is 1. The van der Waals surface area contributed by atoms with Gasteiger partial charge in [0.25, 0.3) is 5.91 Å². The minimum atomic E-state index is -0.0887. The lowest BCUT2D eigenvalue weighted by Gasteiger charge is -2.23. The molecule has 2 N–H and O–H groups in total. The van der Waals surface area contributed by atoms with E-state index >= 15 is 0 Å². The molecule has 2 aromatic rings. The molecule has 1 fully saturated rings. The lowest BCUT2D eigenvalue weighted by Crippen LogP contribution is -2.24. The van der Waals surface area contributed by atoms with E-state index in [1.165, 1.54) is 5.69 Å². The summed E-state index contributed by atoms with van der Waals surface area (Å²) in [6.45, 7) is 6.34. The SMILES string of the molecule is Cc1cc(NC=C2C(=O)Nc3cccc(C)c32)ccc1N(C)CCC1OCCO1. The van der Waals surface area contributed by atoms with Crippen LogP contribution in [0, 0.1) is 13.8 Å². The van der Waals surface area contributed by atoms with Gasteiger partial charge in [-0.2, -0.15) is 0 Å². The predicted octanol–water partition coefficient (Wildman–Crippen LogP) is 3.91. The molecule has 0 atom stereocenters. The number of carbonyl (C=O) groups is 1. The summed E-state index contributed by atoms with van der Waals surface area (Å²) >= 11 is 0. The van der Waals surface area contributed by atoms with E-state index in [-0.39, 0.29) is 12.2 Å². The van der Waals surface area contributed by atoms with E-state index in [2.05, 4.69) is 41.6 Å². The predicted molar refractivity (Wildman–Crippen MR) is 116 cm³/mol. The second kappa shape index (κ2) is 8.27. The molecule has 0 aromatic heterocycles. The molecule has 0 radical (unpaired) electrons. The number of benzene rings is 2. The highest BCUT2D eigenvalue weighted by Crippen LogP contribution is 2.34. The summed E-state index contributed by atoms with van der Waals surface area (Å²) < 4.78 is 11.0. The van der Waals surface area contributed by atoms with Crippen molar-refractivity contribution in [1.29, 1.82) is 0 Å². The average Bonchev–Trinajstić information content (AvgIpc) is 3.32. The van der Waals surface area contributed by atoms with Crippen LogP contribution in [0.1, 0.15) is 23.1 Å². The molecule has 2 aromatic carbocycles. The zero-order valence-corrected chi connectivity index (χ0v) is 17.1. The van der Waals surface area contributed by atoms with Crippen LogP contribution in [0.5, 0.6) is 0 Å². The van der Waals surface area contributed by atoms with Crippen molar-refractivity contribution in [2.24, 2.45) is 0 Å². The summed E-state index contributed by atoms with van der Waals surface area (Å²) in [6.07, 6.45) is 2.55. The number of carbonyl (C=O) groups excluding carboxylic acids is 1. The van der Waals surface area contributed by atoms with E-state index in [0.717, 1.165) is 41.0 Å². The van der Waals surface area contributed by atoms with Gasteiger partial charge in [0.15, 0.2) is 6.29 Å². The first-order chi connectivity index (χ1) is 14.0. The maximum Gasteiger partial charge on any atom is 0.257 e. The number of hydrogen-bond donors (Lipinski definition) is 2. The van der Waals surface area contributed by atoms with Crippen LogP contribution in [-0.2, 0) is 14.3 Å². The van der Waals surface area contributed by atoms with Gasteiger partial charge < -0.3 is 25.0 Å². The van der Waals surface area contributed by atoms with Crippen molar-refractivity contribution in [1.82, 2.24) is 0 Å². The van der Waals surface area contributed by atoms with Gasteiger partial charge in [0.1, 0.15) is 0 Å². The number of amides is 1. The molecule has 2 aliphatic rings. The van der Waals surface area contributed by atoms with Crippen LogP contribution in [0.15, 0.2) is 42.6 Å². The number of rotatable bonds is 6. The summed E-state index contributed by atoms with van der Waals surface area (Å²) in [5.41, 5.74) is 6.86. The van der Waals surface area contributed by atoms with Crippen molar-refractivity contribution < 1.29 is 14.3 Å². The molecule has 1 amide bonds. The average molecular weight is 393 g/mol. The van der Waals surface area contributed by atoms with Crippen LogP contribution in [0.3, 0.4) is 0 Å². The van der Waals surface area contributed by atoms with E-state index in [4.69, 9.17) is 9.47 Å². The summed E-state index contributed by atoms with van der Waals surface area (Å²) in [5.74, 6) is -0.0776. The number of anilines is 3. The topological polar surface area (TPSA) is 62.8 Å². The van der Waals surface area contributed by atoms with Crippen molar-refractivity contribution in [2.45, 2.75) is 26.6 Å². The molecule has 2 aliphatic heterocycles. The molecule has 2 heterocycles. The van der Waals surface area contributed by atoms with Gasteiger partial charge in [-0.25, -0.2) is 0 Å². The van der Waals surface area contributed by atoms with Crippen molar-refractivity contribution in [2.75, 3.05) is 42.3 Å². The van der Waals surface area contributed by atoms with E-state index in [1.807, 2.05) is 31.2 Å². The third kappa shape index (κ3) is 4.13. The molecule has 0 spiro atoms. The number of ether oxygens (including phenoxy) is 2. The Kier molecular flexibility index (Phi) is 5.56. The quantitative estimate of drug-likeness (QED) is 0.729. The van der Waals surface area contributed by atoms with Gasteiger partial charge in [0.05, 0.1) is 18.8 Å². The largest absolute Gasteiger partial charge is 0.374 e. The fourth-order valence-electron chi connectivity index (χ4n) is 3.89. The highest BCUT2D eigenvalue weighted by Gasteiger charge is 2.25. The molecule has 6 heteroatoms. The molecule has 152 valence electrons. The second-order valence-electron chi connectivity index (χ2n) is 7.54. The van der Waals surface area contributed by atoms with Gasteiger partial charge in [-0.05, 0) is 49.2 Å². The molecule has 0 unspecified atom stereocenters. The minimum absolute atomic E-state index is 0.0776. The Balaban J connectivity index is 1.45. The number of hydrogen-bond acceptors (Lipinski definition) is 5. The van der Waals surface area contributed by atoms with Crippen LogP contribution >= 0.6 is 0 Å². The highest BCUT2D eigenvalue weighted by atomic mass is 16.7. The lowest BCUT2D eigenvalue weighted by molar-refractivity contribution is -0.110. The first-order valence-corrected chi connectivity index (χ1v) is 9.96. The lowest BCUT2D eigenvalue weighted by atomic mass is 10.0. The zero-order valence-electron chi connectivity index (χ0n) is 17.1. The van der Waals surface area contributed by atoms with E-state index in [0.29, 0.717) is 18.8 Å². The van der Waals surface area contributed by atoms with Gasteiger partial charge in [-0.3, -0.25) is 4.79 Å². The Labute approximate surface area is 171 Å². The van der Waals surface area contributed by atoms with Gasteiger partial charge in [0.2, 0.25) is 0 Å². The van der Waals surface area contributed by atoms with E-state index < -0.39 is 0 Å². The maximum absolute atomic E-state index is 12.3. The van der Waals surface area contributed by atoms with Crippen LogP contribution in [0.2, 0.25) is 0 Å². The van der Waals surface area contributed by atoms with Gasteiger partial charge in [-0.15, -0.1) is 0 Å². The molecule has 4 rings (SSSR count). The number of aryl methyl sites for hydroxylation is 2. The zero-order chi connectivity index (χ0) is 20.4. The standard InChI is InChI=1S/C23H27N3O3/c1-15-5-4-6-19-22(15)18(23(27)25-19)14-24-17-7-8-20(16(2)13-17)26(3)10-9-21-28-11-12-29-21/h4-8,13-14,21,24H,9-12H2,1-3H3,(H,25,27). The highest BCUT2D eigenvalue weighted by molar-refractivity contribution is 6.32. The fraction of sp³-hybridized carbons (Fsp3) is 0.348. The fourth-order valence-corrected chi connectivity index (χ4v) is 3.89. The minimum Gasteiger partial charge on any atom is -0.374 e. The molecular weight excluding hydrogens is 366 g/mol. The van der Waals surface area contributed by atoms with Crippen LogP contribution in [-0.4, -0.2) is 39.0 Å². The van der Waals surface area contributed by atoms with E-state index in [9.17, 15) is 4.79 Å². The second-order valence-corrected chi connectivity index (χ2v) is 7.54. The Morgan fingerprint density at radius 3 is 2.72 bits per heavy atom. The molecule has 29 heavy (non-hydrogen) atoms. The van der Waals surface area contributed by atoms with Gasteiger partial charge in [0, 0.05) is 48.8 Å². The molecule has 6 nitrogen and oxygen atoms in total. The Morgan fingerprint density at radius 2 is 1.97 bits per heavy atom. The number of nitrogens with zero attached hydrogens (tertiary/aromatic N) is 1. The summed E-state index contributed by atoms with van der Waals surface area (Å²) in [6, 6.07) is 12.1. The van der Waals surface area contributed by atoms with Crippen molar-refractivity contribution >= 4 is 28.5 Å². The first kappa shape index (κ1) is 19.5. The Hall–Kier alpha value is -2.83. The molecule has 1 saturated heterocycles. The molecule has 0 saturated carbocycles. The maximum atomic E-state index is 12.3. The van der Waals surface area contributed by atoms with Gasteiger partial charge in [-0.1, -0.05) is 12.1 Å². The normalized spacial score (nSPS) is 17.5. The van der Waals surface area contributed by atoms with Crippen LogP contribution in [0.25, 0.3) is 5.57 Å². The Bertz CT molecular complexity index is 948. The summed E-state index contributed by atoms with van der Waals surface area (Å²) in [7, 11) is 2.08. The van der Waals surface area contributed by atoms with E-state index in [1.54, 1.807) is 6.20 Å². The van der Waals surface area contributed by atoms with Gasteiger partial charge >= 0.3 is 0 Å². The van der Waals surface area contributed by atoms with Crippen LogP contribution in [0.4, 0.5) is 17.1 Å². The third-order valence-corrected chi connectivity index (χ3v) is 5.42. The molecular formula is C23H27N3O3. The summed E-state index contributed by atoms with van der Waals surface area (Å²) in [5, 5.41) is 6.21. The smallest absolute Gasteiger partial charge is 0.257 e. The number of nitrogens with one attached hydrogen (secondary N) is 2.